The van der Waals surface area contributed by atoms with Crippen molar-refractivity contribution in [3.05, 3.63) is 40.7 Å². The van der Waals surface area contributed by atoms with Crippen LogP contribution in [0.2, 0.25) is 0 Å². The third-order valence-electron chi connectivity index (χ3n) is 3.26. The van der Waals surface area contributed by atoms with Crippen LogP contribution in [-0.4, -0.2) is 38.2 Å². The van der Waals surface area contributed by atoms with Crippen molar-refractivity contribution < 1.29 is 18.3 Å². The summed E-state index contributed by atoms with van der Waals surface area (Å²) in [5, 5.41) is 16.5. The van der Waals surface area contributed by atoms with Crippen LogP contribution in [0.1, 0.15) is 27.6 Å². The third-order valence-corrected chi connectivity index (χ3v) is 4.10. The summed E-state index contributed by atoms with van der Waals surface area (Å²) >= 11 is 0.602. The molecule has 2 aromatic heterocycles. The van der Waals surface area contributed by atoms with Crippen LogP contribution >= 0.6 is 11.3 Å². The van der Waals surface area contributed by atoms with Gasteiger partial charge in [0.25, 0.3) is 12.3 Å². The highest BCUT2D eigenvalue weighted by atomic mass is 32.1. The molecule has 0 spiro atoms. The number of methoxy groups -OCH3 is 1. The van der Waals surface area contributed by atoms with Crippen LogP contribution in [0.5, 0.6) is 5.75 Å². The SMILES string of the molecule is COc1cccc(-n2nnc(C(=O)Nc3nnc(C(F)F)s3)c2C)c1. The molecule has 0 unspecified atom stereocenters. The van der Waals surface area contributed by atoms with Crippen molar-refractivity contribution in [3.63, 3.8) is 0 Å². The molecule has 0 bridgehead atoms. The summed E-state index contributed by atoms with van der Waals surface area (Å²) in [5.41, 5.74) is 1.19. The highest BCUT2D eigenvalue weighted by Crippen LogP contribution is 2.25. The molecular formula is C14H12F2N6O2S. The standard InChI is InChI=1S/C14H12F2N6O2S/c1-7-10(12(23)17-14-20-19-13(25-14)11(15)16)18-21-22(7)8-4-3-5-9(6-8)24-2/h3-6,11H,1-2H3,(H,17,20,23). The molecule has 1 N–H and O–H groups in total. The van der Waals surface area contributed by atoms with Gasteiger partial charge in [-0.25, -0.2) is 13.5 Å². The van der Waals surface area contributed by atoms with Gasteiger partial charge in [0.15, 0.2) is 10.7 Å². The molecule has 0 aliphatic heterocycles. The Morgan fingerprint density at radius 1 is 1.32 bits per heavy atom. The van der Waals surface area contributed by atoms with Gasteiger partial charge in [-0.15, -0.1) is 15.3 Å². The van der Waals surface area contributed by atoms with Crippen molar-refractivity contribution in [2.45, 2.75) is 13.3 Å². The lowest BCUT2D eigenvalue weighted by Gasteiger charge is -2.05. The second kappa shape index (κ2) is 6.89. The molecule has 1 amide bonds. The molecule has 130 valence electrons. The van der Waals surface area contributed by atoms with Crippen molar-refractivity contribution in [2.75, 3.05) is 12.4 Å². The number of carbonyl (C=O) groups excluding carboxylic acids is 1. The predicted molar refractivity (Wildman–Crippen MR) is 85.5 cm³/mol. The van der Waals surface area contributed by atoms with Crippen LogP contribution in [0, 0.1) is 6.92 Å². The van der Waals surface area contributed by atoms with Gasteiger partial charge in [0.1, 0.15) is 5.75 Å². The Morgan fingerprint density at radius 3 is 2.80 bits per heavy atom. The van der Waals surface area contributed by atoms with E-state index in [0.29, 0.717) is 28.5 Å². The maximum absolute atomic E-state index is 12.5. The predicted octanol–water partition coefficient (Wildman–Crippen LogP) is 2.63. The van der Waals surface area contributed by atoms with E-state index in [9.17, 15) is 13.6 Å². The lowest BCUT2D eigenvalue weighted by Crippen LogP contribution is -2.14. The van der Waals surface area contributed by atoms with Crippen LogP contribution in [0.25, 0.3) is 5.69 Å². The van der Waals surface area contributed by atoms with Gasteiger partial charge in [0.05, 0.1) is 18.5 Å². The zero-order chi connectivity index (χ0) is 18.0. The molecule has 0 aliphatic carbocycles. The highest BCUT2D eigenvalue weighted by molar-refractivity contribution is 7.15. The number of amides is 1. The van der Waals surface area contributed by atoms with Gasteiger partial charge in [0, 0.05) is 6.07 Å². The lowest BCUT2D eigenvalue weighted by atomic mass is 10.2. The molecule has 0 saturated carbocycles. The van der Waals surface area contributed by atoms with Crippen molar-refractivity contribution in [3.8, 4) is 11.4 Å². The van der Waals surface area contributed by atoms with E-state index in [1.165, 1.54) is 4.68 Å². The minimum absolute atomic E-state index is 0.0318. The molecule has 0 atom stereocenters. The molecule has 8 nitrogen and oxygen atoms in total. The topological polar surface area (TPSA) is 94.8 Å². The summed E-state index contributed by atoms with van der Waals surface area (Å²) in [7, 11) is 1.54. The fraction of sp³-hybridized carbons (Fsp3) is 0.214. The Labute approximate surface area is 144 Å². The Bertz CT molecular complexity index is 910. The van der Waals surface area contributed by atoms with Gasteiger partial charge in [-0.2, -0.15) is 0 Å². The summed E-state index contributed by atoms with van der Waals surface area (Å²) in [6, 6.07) is 7.08. The average molecular weight is 366 g/mol. The summed E-state index contributed by atoms with van der Waals surface area (Å²) < 4.78 is 31.7. The molecule has 3 aromatic rings. The summed E-state index contributed by atoms with van der Waals surface area (Å²) in [6.07, 6.45) is -2.74. The Morgan fingerprint density at radius 2 is 2.12 bits per heavy atom. The molecule has 0 aliphatic rings. The first kappa shape index (κ1) is 16.9. The maximum Gasteiger partial charge on any atom is 0.291 e. The average Bonchev–Trinajstić information content (AvgIpc) is 3.21. The number of ether oxygens (including phenoxy) is 1. The first-order chi connectivity index (χ1) is 12.0. The molecule has 25 heavy (non-hydrogen) atoms. The minimum Gasteiger partial charge on any atom is -0.497 e. The number of anilines is 1. The fourth-order valence-corrected chi connectivity index (χ4v) is 2.65. The smallest absolute Gasteiger partial charge is 0.291 e. The number of carbonyl (C=O) groups is 1. The first-order valence-corrected chi connectivity index (χ1v) is 7.81. The van der Waals surface area contributed by atoms with Gasteiger partial charge in [0.2, 0.25) is 5.13 Å². The third kappa shape index (κ3) is 3.45. The Kier molecular flexibility index (Phi) is 4.65. The van der Waals surface area contributed by atoms with Crippen molar-refractivity contribution in [2.24, 2.45) is 0 Å². The number of hydrogen-bond donors (Lipinski definition) is 1. The van der Waals surface area contributed by atoms with Crippen molar-refractivity contribution in [1.29, 1.82) is 0 Å². The quantitative estimate of drug-likeness (QED) is 0.746. The number of nitrogens with zero attached hydrogens (tertiary/aromatic N) is 5. The van der Waals surface area contributed by atoms with E-state index in [1.807, 2.05) is 0 Å². The van der Waals surface area contributed by atoms with Crippen LogP contribution < -0.4 is 10.1 Å². The zero-order valence-corrected chi connectivity index (χ0v) is 13.9. The number of halogens is 2. The summed E-state index contributed by atoms with van der Waals surface area (Å²) in [6.45, 7) is 1.67. The second-order valence-corrected chi connectivity index (χ2v) is 5.85. The normalized spacial score (nSPS) is 10.9. The molecular weight excluding hydrogens is 354 g/mol. The van der Waals surface area contributed by atoms with Crippen molar-refractivity contribution in [1.82, 2.24) is 25.2 Å². The molecule has 0 radical (unpaired) electrons. The minimum atomic E-state index is -2.74. The monoisotopic (exact) mass is 366 g/mol. The molecule has 3 rings (SSSR count). The van der Waals surface area contributed by atoms with Crippen LogP contribution in [0.15, 0.2) is 24.3 Å². The van der Waals surface area contributed by atoms with Crippen LogP contribution in [0.3, 0.4) is 0 Å². The van der Waals surface area contributed by atoms with E-state index in [0.717, 1.165) is 0 Å². The molecule has 0 fully saturated rings. The van der Waals surface area contributed by atoms with E-state index in [-0.39, 0.29) is 10.8 Å². The number of rotatable bonds is 5. The first-order valence-electron chi connectivity index (χ1n) is 6.99. The van der Waals surface area contributed by atoms with E-state index < -0.39 is 17.3 Å². The van der Waals surface area contributed by atoms with Gasteiger partial charge in [-0.05, 0) is 19.1 Å². The van der Waals surface area contributed by atoms with Gasteiger partial charge in [-0.3, -0.25) is 10.1 Å². The Balaban J connectivity index is 1.83. The molecule has 0 saturated heterocycles. The van der Waals surface area contributed by atoms with E-state index in [1.54, 1.807) is 38.3 Å². The van der Waals surface area contributed by atoms with E-state index in [2.05, 4.69) is 25.8 Å². The molecule has 1 aromatic carbocycles. The molecule has 2 heterocycles. The summed E-state index contributed by atoms with van der Waals surface area (Å²) in [4.78, 5) is 12.3. The lowest BCUT2D eigenvalue weighted by molar-refractivity contribution is 0.102. The molecule has 11 heteroatoms. The highest BCUT2D eigenvalue weighted by Gasteiger charge is 2.20. The second-order valence-electron chi connectivity index (χ2n) is 4.84. The van der Waals surface area contributed by atoms with E-state index >= 15 is 0 Å². The number of aromatic nitrogens is 5. The van der Waals surface area contributed by atoms with Gasteiger partial charge >= 0.3 is 0 Å². The number of hydrogen-bond acceptors (Lipinski definition) is 7. The number of nitrogens with one attached hydrogen (secondary N) is 1. The number of benzene rings is 1. The largest absolute Gasteiger partial charge is 0.497 e. The van der Waals surface area contributed by atoms with Gasteiger partial charge < -0.3 is 4.74 Å². The van der Waals surface area contributed by atoms with Crippen LogP contribution in [-0.2, 0) is 0 Å². The number of alkyl halides is 2. The van der Waals surface area contributed by atoms with Crippen molar-refractivity contribution >= 4 is 22.4 Å². The van der Waals surface area contributed by atoms with Crippen LogP contribution in [0.4, 0.5) is 13.9 Å². The fourth-order valence-electron chi connectivity index (χ4n) is 2.06. The maximum atomic E-state index is 12.5. The van der Waals surface area contributed by atoms with E-state index in [4.69, 9.17) is 4.74 Å². The summed E-state index contributed by atoms with van der Waals surface area (Å²) in [5.74, 6) is 0.0235. The zero-order valence-electron chi connectivity index (χ0n) is 13.1. The Hall–Kier alpha value is -2.95. The van der Waals surface area contributed by atoms with Gasteiger partial charge in [-0.1, -0.05) is 22.6 Å².